The van der Waals surface area contributed by atoms with Gasteiger partial charge in [-0.1, -0.05) is 18.2 Å². The van der Waals surface area contributed by atoms with Crippen molar-refractivity contribution in [3.63, 3.8) is 0 Å². The van der Waals surface area contributed by atoms with E-state index in [-0.39, 0.29) is 18.7 Å². The van der Waals surface area contributed by atoms with Crippen LogP contribution in [0, 0.1) is 5.82 Å². The summed E-state index contributed by atoms with van der Waals surface area (Å²) in [5, 5.41) is 9.48. The third kappa shape index (κ3) is 3.82. The molecule has 1 atom stereocenters. The Balaban J connectivity index is 2.24. The van der Waals surface area contributed by atoms with Crippen LogP contribution in [0.25, 0.3) is 0 Å². The van der Waals surface area contributed by atoms with Crippen LogP contribution in [-0.2, 0) is 14.8 Å². The van der Waals surface area contributed by atoms with E-state index in [0.29, 0.717) is 19.5 Å². The van der Waals surface area contributed by atoms with E-state index in [1.807, 2.05) is 0 Å². The summed E-state index contributed by atoms with van der Waals surface area (Å²) >= 11 is 0. The topological polar surface area (TPSA) is 77.9 Å². The molecule has 6 nitrogen and oxygen atoms in total. The fourth-order valence-electron chi connectivity index (χ4n) is 2.69. The second kappa shape index (κ2) is 6.72. The molecule has 1 aromatic rings. The maximum Gasteiger partial charge on any atom is 0.325 e. The van der Waals surface area contributed by atoms with Gasteiger partial charge >= 0.3 is 5.97 Å². The lowest BCUT2D eigenvalue weighted by atomic mass is 10.0. The van der Waals surface area contributed by atoms with E-state index in [0.717, 1.165) is 6.26 Å². The predicted octanol–water partition coefficient (Wildman–Crippen LogP) is 0.919. The molecular weight excluding hydrogens is 311 g/mol. The molecule has 1 saturated heterocycles. The second-order valence-corrected chi connectivity index (χ2v) is 7.30. The third-order valence-corrected chi connectivity index (χ3v) is 5.06. The van der Waals surface area contributed by atoms with Crippen molar-refractivity contribution in [1.82, 2.24) is 9.21 Å². The first-order chi connectivity index (χ1) is 10.3. The van der Waals surface area contributed by atoms with Crippen molar-refractivity contribution in [3.05, 3.63) is 35.6 Å². The zero-order valence-electron chi connectivity index (χ0n) is 12.3. The quantitative estimate of drug-likeness (QED) is 0.888. The second-order valence-electron chi connectivity index (χ2n) is 5.31. The Morgan fingerprint density at radius 2 is 1.91 bits per heavy atom. The van der Waals surface area contributed by atoms with Crippen molar-refractivity contribution in [2.45, 2.75) is 12.5 Å². The van der Waals surface area contributed by atoms with Crippen LogP contribution in [-0.4, -0.2) is 61.1 Å². The molecule has 8 heteroatoms. The highest BCUT2D eigenvalue weighted by Crippen LogP contribution is 2.25. The molecule has 1 aliphatic rings. The van der Waals surface area contributed by atoms with Crippen LogP contribution in [0.4, 0.5) is 4.39 Å². The molecule has 22 heavy (non-hydrogen) atoms. The van der Waals surface area contributed by atoms with Gasteiger partial charge in [0.2, 0.25) is 10.0 Å². The van der Waals surface area contributed by atoms with E-state index >= 15 is 0 Å². The Morgan fingerprint density at radius 3 is 2.50 bits per heavy atom. The van der Waals surface area contributed by atoms with E-state index in [1.54, 1.807) is 11.0 Å². The molecule has 0 aliphatic carbocycles. The fourth-order valence-corrected chi connectivity index (χ4v) is 3.56. The lowest BCUT2D eigenvalue weighted by Gasteiger charge is -2.27. The maximum absolute atomic E-state index is 13.9. The Hall–Kier alpha value is -1.51. The van der Waals surface area contributed by atoms with Gasteiger partial charge in [-0.3, -0.25) is 9.69 Å². The summed E-state index contributed by atoms with van der Waals surface area (Å²) < 4.78 is 38.5. The summed E-state index contributed by atoms with van der Waals surface area (Å²) in [6, 6.07) is 4.67. The van der Waals surface area contributed by atoms with Crippen LogP contribution >= 0.6 is 0 Å². The minimum absolute atomic E-state index is 0.0998. The molecule has 2 rings (SSSR count). The Labute approximate surface area is 129 Å². The van der Waals surface area contributed by atoms with Crippen LogP contribution in [0.15, 0.2) is 24.3 Å². The first kappa shape index (κ1) is 16.9. The van der Waals surface area contributed by atoms with Gasteiger partial charge < -0.3 is 5.11 Å². The smallest absolute Gasteiger partial charge is 0.325 e. The van der Waals surface area contributed by atoms with Crippen LogP contribution in [0.2, 0.25) is 0 Å². The van der Waals surface area contributed by atoms with E-state index in [4.69, 9.17) is 0 Å². The molecule has 1 fully saturated rings. The number of halogens is 1. The fraction of sp³-hybridized carbons (Fsp3) is 0.500. The number of nitrogens with zero attached hydrogens (tertiary/aromatic N) is 2. The number of rotatable bonds is 4. The number of carboxylic acid groups (broad SMARTS) is 1. The SMILES string of the molecule is CS(=O)(=O)N1CCCN(C(C(=O)O)c2ccccc2F)CC1. The summed E-state index contributed by atoms with van der Waals surface area (Å²) in [6.45, 7) is 1.20. The van der Waals surface area contributed by atoms with Gasteiger partial charge in [-0.25, -0.2) is 17.1 Å². The summed E-state index contributed by atoms with van der Waals surface area (Å²) in [5.41, 5.74) is 0.0998. The van der Waals surface area contributed by atoms with Crippen molar-refractivity contribution < 1.29 is 22.7 Å². The van der Waals surface area contributed by atoms with Gasteiger partial charge in [0, 0.05) is 31.7 Å². The highest BCUT2D eigenvalue weighted by molar-refractivity contribution is 7.88. The van der Waals surface area contributed by atoms with Crippen molar-refractivity contribution in [2.75, 3.05) is 32.4 Å². The van der Waals surface area contributed by atoms with Crippen molar-refractivity contribution in [2.24, 2.45) is 0 Å². The molecule has 122 valence electrons. The predicted molar refractivity (Wildman–Crippen MR) is 79.4 cm³/mol. The lowest BCUT2D eigenvalue weighted by Crippen LogP contribution is -2.38. The van der Waals surface area contributed by atoms with Gasteiger partial charge in [0.05, 0.1) is 6.26 Å². The number of aliphatic carboxylic acids is 1. The number of carbonyl (C=O) groups is 1. The molecule has 1 aromatic carbocycles. The van der Waals surface area contributed by atoms with E-state index in [9.17, 15) is 22.7 Å². The van der Waals surface area contributed by atoms with Gasteiger partial charge in [0.1, 0.15) is 11.9 Å². The number of carboxylic acids is 1. The monoisotopic (exact) mass is 330 g/mol. The number of hydrogen-bond acceptors (Lipinski definition) is 4. The van der Waals surface area contributed by atoms with Gasteiger partial charge in [0.15, 0.2) is 0 Å². The summed E-state index contributed by atoms with van der Waals surface area (Å²) in [5.74, 6) is -1.71. The Bertz CT molecular complexity index is 650. The molecule has 0 bridgehead atoms. The van der Waals surface area contributed by atoms with Gasteiger partial charge in [0.25, 0.3) is 0 Å². The van der Waals surface area contributed by atoms with E-state index in [1.165, 1.54) is 22.5 Å². The van der Waals surface area contributed by atoms with Crippen LogP contribution < -0.4 is 0 Å². The van der Waals surface area contributed by atoms with Crippen LogP contribution in [0.5, 0.6) is 0 Å². The van der Waals surface area contributed by atoms with Crippen LogP contribution in [0.3, 0.4) is 0 Å². The minimum atomic E-state index is -3.31. The third-order valence-electron chi connectivity index (χ3n) is 3.76. The van der Waals surface area contributed by atoms with Gasteiger partial charge in [-0.05, 0) is 12.5 Å². The summed E-state index contributed by atoms with van der Waals surface area (Å²) in [4.78, 5) is 13.2. The van der Waals surface area contributed by atoms with Crippen molar-refractivity contribution in [1.29, 1.82) is 0 Å². The average molecular weight is 330 g/mol. The van der Waals surface area contributed by atoms with Gasteiger partial charge in [-0.2, -0.15) is 0 Å². The number of benzene rings is 1. The molecular formula is C14H19FN2O4S. The largest absolute Gasteiger partial charge is 0.480 e. The average Bonchev–Trinajstić information content (AvgIpc) is 2.66. The lowest BCUT2D eigenvalue weighted by molar-refractivity contribution is -0.143. The Morgan fingerprint density at radius 1 is 1.23 bits per heavy atom. The molecule has 0 radical (unpaired) electrons. The van der Waals surface area contributed by atoms with E-state index < -0.39 is 27.9 Å². The molecule has 0 saturated carbocycles. The zero-order chi connectivity index (χ0) is 16.3. The molecule has 1 aliphatic heterocycles. The Kier molecular flexibility index (Phi) is 5.15. The first-order valence-electron chi connectivity index (χ1n) is 6.97. The molecule has 0 amide bonds. The zero-order valence-corrected chi connectivity index (χ0v) is 13.1. The summed E-state index contributed by atoms with van der Waals surface area (Å²) in [7, 11) is -3.31. The standard InChI is InChI=1S/C14H19FN2O4S/c1-22(20,21)17-8-4-7-16(9-10-17)13(14(18)19)11-5-2-3-6-12(11)15/h2-3,5-6,13H,4,7-10H2,1H3,(H,18,19). The normalized spacial score (nSPS) is 19.5. The summed E-state index contributed by atoms with van der Waals surface area (Å²) in [6.07, 6.45) is 1.64. The molecule has 1 N–H and O–H groups in total. The minimum Gasteiger partial charge on any atom is -0.480 e. The first-order valence-corrected chi connectivity index (χ1v) is 8.82. The highest BCUT2D eigenvalue weighted by Gasteiger charge is 2.32. The maximum atomic E-state index is 13.9. The number of sulfonamides is 1. The highest BCUT2D eigenvalue weighted by atomic mass is 32.2. The molecule has 0 spiro atoms. The van der Waals surface area contributed by atoms with Crippen molar-refractivity contribution >= 4 is 16.0 Å². The number of hydrogen-bond donors (Lipinski definition) is 1. The van der Waals surface area contributed by atoms with E-state index in [2.05, 4.69) is 0 Å². The molecule has 1 unspecified atom stereocenters. The van der Waals surface area contributed by atoms with Crippen molar-refractivity contribution in [3.8, 4) is 0 Å². The molecule has 0 aromatic heterocycles. The van der Waals surface area contributed by atoms with Crippen LogP contribution in [0.1, 0.15) is 18.0 Å². The molecule has 1 heterocycles. The van der Waals surface area contributed by atoms with Gasteiger partial charge in [-0.15, -0.1) is 0 Å².